The van der Waals surface area contributed by atoms with E-state index in [1.807, 2.05) is 13.8 Å². The number of benzene rings is 1. The summed E-state index contributed by atoms with van der Waals surface area (Å²) in [5.41, 5.74) is 0.500. The number of hydrogen-bond acceptors (Lipinski definition) is 5. The van der Waals surface area contributed by atoms with Crippen LogP contribution in [0.5, 0.6) is 0 Å². The molecule has 0 saturated carbocycles. The summed E-state index contributed by atoms with van der Waals surface area (Å²) in [4.78, 5) is 17.2. The van der Waals surface area contributed by atoms with Gasteiger partial charge in [0, 0.05) is 18.7 Å². The lowest BCUT2D eigenvalue weighted by molar-refractivity contribution is -0.123. The van der Waals surface area contributed by atoms with Crippen molar-refractivity contribution in [1.29, 1.82) is 0 Å². The molecule has 1 unspecified atom stereocenters. The maximum absolute atomic E-state index is 12.6. The van der Waals surface area contributed by atoms with Gasteiger partial charge >= 0.3 is 0 Å². The number of carbonyl (C=O) groups is 1. The molecule has 1 fully saturated rings. The fraction of sp³-hybridized carbons (Fsp3) is 0.529. The van der Waals surface area contributed by atoms with E-state index >= 15 is 0 Å². The van der Waals surface area contributed by atoms with Crippen molar-refractivity contribution in [2.24, 2.45) is 10.9 Å². The minimum Gasteiger partial charge on any atom is -0.376 e. The third kappa shape index (κ3) is 3.85. The first kappa shape index (κ1) is 17.9. The van der Waals surface area contributed by atoms with E-state index in [4.69, 9.17) is 4.74 Å². The van der Waals surface area contributed by atoms with Crippen molar-refractivity contribution in [2.45, 2.75) is 43.7 Å². The van der Waals surface area contributed by atoms with Crippen molar-refractivity contribution in [3.8, 4) is 0 Å². The number of ether oxygens (including phenoxy) is 1. The first-order valence-electron chi connectivity index (χ1n) is 8.48. The normalized spacial score (nSPS) is 24.1. The van der Waals surface area contributed by atoms with E-state index in [1.54, 1.807) is 18.2 Å². The van der Waals surface area contributed by atoms with E-state index in [0.29, 0.717) is 12.1 Å². The second-order valence-corrected chi connectivity index (χ2v) is 8.30. The quantitative estimate of drug-likeness (QED) is 0.815. The topological polar surface area (TPSA) is 96.9 Å². The summed E-state index contributed by atoms with van der Waals surface area (Å²) in [7, 11) is -3.61. The van der Waals surface area contributed by atoms with Gasteiger partial charge in [-0.05, 0) is 30.9 Å². The standard InChI is InChI=1S/C17H23N3O4S/c1-11(2)15(17(21)18-10-12-6-5-9-24-12)19-16-13-7-3-4-8-14(13)25(22,23)20-16/h3-4,7-8,11-12,15H,5-6,9-10H2,1-2H3,(H,18,21)(H,19,20)/t12?,15-/m1/s1. The molecule has 2 heterocycles. The van der Waals surface area contributed by atoms with Crippen LogP contribution in [0.2, 0.25) is 0 Å². The van der Waals surface area contributed by atoms with Gasteiger partial charge in [-0.15, -0.1) is 0 Å². The van der Waals surface area contributed by atoms with Crippen LogP contribution in [0.3, 0.4) is 0 Å². The molecular weight excluding hydrogens is 342 g/mol. The predicted molar refractivity (Wildman–Crippen MR) is 93.9 cm³/mol. The molecule has 2 aliphatic heterocycles. The molecule has 1 aromatic carbocycles. The third-order valence-electron chi connectivity index (χ3n) is 4.36. The Hall–Kier alpha value is -1.93. The van der Waals surface area contributed by atoms with Gasteiger partial charge in [0.25, 0.3) is 10.0 Å². The molecule has 1 saturated heterocycles. The molecule has 0 radical (unpaired) electrons. The highest BCUT2D eigenvalue weighted by Gasteiger charge is 2.32. The van der Waals surface area contributed by atoms with Gasteiger partial charge in [-0.2, -0.15) is 0 Å². The fourth-order valence-electron chi connectivity index (χ4n) is 3.00. The van der Waals surface area contributed by atoms with Gasteiger partial charge in [0.2, 0.25) is 5.91 Å². The number of rotatable bonds is 5. The van der Waals surface area contributed by atoms with Crippen molar-refractivity contribution < 1.29 is 17.9 Å². The highest BCUT2D eigenvalue weighted by Crippen LogP contribution is 2.23. The summed E-state index contributed by atoms with van der Waals surface area (Å²) in [6.45, 7) is 4.95. The van der Waals surface area contributed by atoms with Gasteiger partial charge < -0.3 is 10.1 Å². The van der Waals surface area contributed by atoms with Gasteiger partial charge in [-0.25, -0.2) is 8.42 Å². The zero-order valence-electron chi connectivity index (χ0n) is 14.4. The lowest BCUT2D eigenvalue weighted by Gasteiger charge is -2.18. The highest BCUT2D eigenvalue weighted by molar-refractivity contribution is 7.90. The Balaban J connectivity index is 1.79. The largest absolute Gasteiger partial charge is 0.376 e. The second kappa shape index (κ2) is 7.13. The number of carbonyl (C=O) groups excluding carboxylic acids is 1. The van der Waals surface area contributed by atoms with Crippen LogP contribution in [-0.2, 0) is 19.6 Å². The number of fused-ring (bicyclic) bond motifs is 1. The third-order valence-corrected chi connectivity index (χ3v) is 5.76. The lowest BCUT2D eigenvalue weighted by Crippen LogP contribution is -2.41. The summed E-state index contributed by atoms with van der Waals surface area (Å²) in [6, 6.07) is 5.95. The van der Waals surface area contributed by atoms with Crippen LogP contribution in [0.1, 0.15) is 32.3 Å². The van der Waals surface area contributed by atoms with Crippen molar-refractivity contribution >= 4 is 21.8 Å². The van der Waals surface area contributed by atoms with Crippen LogP contribution in [0, 0.1) is 5.92 Å². The summed E-state index contributed by atoms with van der Waals surface area (Å²) in [5, 5.41) is 2.88. The molecule has 0 aliphatic carbocycles. The smallest absolute Gasteiger partial charge is 0.263 e. The molecular formula is C17H23N3O4S. The molecule has 1 aromatic rings. The monoisotopic (exact) mass is 365 g/mol. The molecule has 2 aliphatic rings. The number of amidine groups is 1. The van der Waals surface area contributed by atoms with E-state index in [2.05, 4.69) is 15.0 Å². The van der Waals surface area contributed by atoms with E-state index in [0.717, 1.165) is 19.4 Å². The Kier molecular flexibility index (Phi) is 5.10. The molecule has 0 bridgehead atoms. The minimum atomic E-state index is -3.61. The Labute approximate surface area is 147 Å². The Bertz CT molecular complexity index is 783. The van der Waals surface area contributed by atoms with Crippen LogP contribution in [-0.4, -0.2) is 45.5 Å². The number of nitrogens with zero attached hydrogens (tertiary/aromatic N) is 1. The van der Waals surface area contributed by atoms with Crippen molar-refractivity contribution in [1.82, 2.24) is 10.0 Å². The average molecular weight is 365 g/mol. The van der Waals surface area contributed by atoms with Crippen molar-refractivity contribution in [2.75, 3.05) is 13.2 Å². The molecule has 7 nitrogen and oxygen atoms in total. The van der Waals surface area contributed by atoms with Crippen LogP contribution >= 0.6 is 0 Å². The predicted octanol–water partition coefficient (Wildman–Crippen LogP) is 1.04. The van der Waals surface area contributed by atoms with Crippen molar-refractivity contribution in [3.05, 3.63) is 29.8 Å². The molecule has 1 amide bonds. The van der Waals surface area contributed by atoms with Gasteiger partial charge in [0.05, 0.1) is 11.0 Å². The Morgan fingerprint density at radius 2 is 2.16 bits per heavy atom. The van der Waals surface area contributed by atoms with E-state index in [9.17, 15) is 13.2 Å². The van der Waals surface area contributed by atoms with Crippen LogP contribution in [0.25, 0.3) is 0 Å². The number of aliphatic imine (C=N–C) groups is 1. The van der Waals surface area contributed by atoms with Crippen LogP contribution in [0.4, 0.5) is 0 Å². The minimum absolute atomic E-state index is 0.0510. The molecule has 2 atom stereocenters. The first-order valence-corrected chi connectivity index (χ1v) is 9.96. The molecule has 2 N–H and O–H groups in total. The summed E-state index contributed by atoms with van der Waals surface area (Å²) >= 11 is 0. The molecule has 25 heavy (non-hydrogen) atoms. The maximum atomic E-state index is 12.6. The molecule has 0 aromatic heterocycles. The zero-order valence-corrected chi connectivity index (χ0v) is 15.2. The number of sulfonamides is 1. The van der Waals surface area contributed by atoms with Gasteiger partial charge in [0.1, 0.15) is 11.9 Å². The van der Waals surface area contributed by atoms with E-state index in [-0.39, 0.29) is 28.7 Å². The fourth-order valence-corrected chi connectivity index (χ4v) is 4.24. The molecule has 8 heteroatoms. The molecule has 0 spiro atoms. The van der Waals surface area contributed by atoms with Crippen LogP contribution < -0.4 is 10.0 Å². The number of hydrogen-bond donors (Lipinski definition) is 2. The van der Waals surface area contributed by atoms with E-state index < -0.39 is 16.1 Å². The van der Waals surface area contributed by atoms with Gasteiger partial charge in [-0.3, -0.25) is 14.5 Å². The number of nitrogens with one attached hydrogen (secondary N) is 2. The maximum Gasteiger partial charge on any atom is 0.263 e. The molecule has 136 valence electrons. The second-order valence-electron chi connectivity index (χ2n) is 6.65. The van der Waals surface area contributed by atoms with Crippen LogP contribution in [0.15, 0.2) is 34.2 Å². The Morgan fingerprint density at radius 3 is 2.84 bits per heavy atom. The van der Waals surface area contributed by atoms with Gasteiger partial charge in [-0.1, -0.05) is 26.0 Å². The van der Waals surface area contributed by atoms with E-state index in [1.165, 1.54) is 6.07 Å². The van der Waals surface area contributed by atoms with Gasteiger partial charge in [0.15, 0.2) is 0 Å². The first-order chi connectivity index (χ1) is 11.9. The zero-order chi connectivity index (χ0) is 18.0. The average Bonchev–Trinajstić information content (AvgIpc) is 3.17. The summed E-state index contributed by atoms with van der Waals surface area (Å²) in [6.07, 6.45) is 2.00. The SMILES string of the molecule is CC(C)[C@@H](N=C1NS(=O)(=O)c2ccccc21)C(=O)NCC1CCCO1. The summed E-state index contributed by atoms with van der Waals surface area (Å²) in [5.74, 6) is -0.0718. The summed E-state index contributed by atoms with van der Waals surface area (Å²) < 4.78 is 32.3. The Morgan fingerprint density at radius 1 is 1.40 bits per heavy atom. The van der Waals surface area contributed by atoms with Crippen molar-refractivity contribution in [3.63, 3.8) is 0 Å². The number of amides is 1. The highest BCUT2D eigenvalue weighted by atomic mass is 32.2. The molecule has 3 rings (SSSR count). The lowest BCUT2D eigenvalue weighted by atomic mass is 10.0.